The lowest BCUT2D eigenvalue weighted by Crippen LogP contribution is -2.36. The predicted molar refractivity (Wildman–Crippen MR) is 73.2 cm³/mol. The van der Waals surface area contributed by atoms with E-state index < -0.39 is 4.92 Å². The number of hydrogen-bond acceptors (Lipinski definition) is 6. The number of hydrogen-bond donors (Lipinski definition) is 2. The zero-order valence-electron chi connectivity index (χ0n) is 10.8. The van der Waals surface area contributed by atoms with Gasteiger partial charge in [-0.3, -0.25) is 16.0 Å². The summed E-state index contributed by atoms with van der Waals surface area (Å²) in [6, 6.07) is 4.82. The van der Waals surface area contributed by atoms with Crippen LogP contribution in [0, 0.1) is 10.1 Å². The van der Waals surface area contributed by atoms with Gasteiger partial charge in [-0.15, -0.1) is 0 Å². The predicted octanol–water partition coefficient (Wildman–Crippen LogP) is 1.50. The molecule has 1 saturated heterocycles. The summed E-state index contributed by atoms with van der Waals surface area (Å²) in [5.41, 5.74) is 3.86. The lowest BCUT2D eigenvalue weighted by atomic mass is 10.1. The van der Waals surface area contributed by atoms with Crippen LogP contribution in [0.5, 0.6) is 0 Å². The molecule has 104 valence electrons. The molecule has 1 fully saturated rings. The first-order valence-corrected chi connectivity index (χ1v) is 6.18. The maximum absolute atomic E-state index is 10.9. The molecule has 0 radical (unpaired) electrons. The number of rotatable bonds is 4. The van der Waals surface area contributed by atoms with E-state index in [1.807, 2.05) is 6.07 Å². The average molecular weight is 266 g/mol. The number of nitro groups is 1. The van der Waals surface area contributed by atoms with E-state index in [9.17, 15) is 10.1 Å². The van der Waals surface area contributed by atoms with Crippen LogP contribution in [0.15, 0.2) is 18.2 Å². The number of nitrogen functional groups attached to an aromatic ring is 1. The number of ether oxygens (including phenoxy) is 1. The molecule has 0 aliphatic carbocycles. The van der Waals surface area contributed by atoms with Crippen LogP contribution < -0.4 is 16.2 Å². The van der Waals surface area contributed by atoms with E-state index in [1.165, 1.54) is 6.07 Å². The van der Waals surface area contributed by atoms with E-state index >= 15 is 0 Å². The summed E-state index contributed by atoms with van der Waals surface area (Å²) in [5, 5.41) is 10.9. The Morgan fingerprint density at radius 3 is 2.63 bits per heavy atom. The third-order valence-electron chi connectivity index (χ3n) is 3.42. The fourth-order valence-corrected chi connectivity index (χ4v) is 2.32. The molecule has 1 aliphatic heterocycles. The van der Waals surface area contributed by atoms with Crippen molar-refractivity contribution >= 4 is 17.1 Å². The zero-order chi connectivity index (χ0) is 13.8. The van der Waals surface area contributed by atoms with Crippen molar-refractivity contribution in [3.05, 3.63) is 28.3 Å². The lowest BCUT2D eigenvalue weighted by molar-refractivity contribution is -0.384. The first-order valence-electron chi connectivity index (χ1n) is 6.18. The summed E-state index contributed by atoms with van der Waals surface area (Å²) in [5.74, 6) is 5.35. The van der Waals surface area contributed by atoms with Gasteiger partial charge in [-0.2, -0.15) is 0 Å². The van der Waals surface area contributed by atoms with Crippen LogP contribution in [0.3, 0.4) is 0 Å². The quantitative estimate of drug-likeness (QED) is 0.487. The van der Waals surface area contributed by atoms with Crippen molar-refractivity contribution in [3.8, 4) is 0 Å². The van der Waals surface area contributed by atoms with Gasteiger partial charge in [0.15, 0.2) is 0 Å². The van der Waals surface area contributed by atoms with E-state index in [-0.39, 0.29) is 11.8 Å². The number of non-ortho nitro benzene ring substituents is 1. The molecule has 7 nitrogen and oxygen atoms in total. The monoisotopic (exact) mass is 266 g/mol. The molecule has 3 N–H and O–H groups in total. The smallest absolute Gasteiger partial charge is 0.273 e. The van der Waals surface area contributed by atoms with Crippen molar-refractivity contribution in [1.29, 1.82) is 0 Å². The second-order valence-electron chi connectivity index (χ2n) is 4.56. The van der Waals surface area contributed by atoms with Gasteiger partial charge in [0, 0.05) is 38.0 Å². The molecule has 0 unspecified atom stereocenters. The van der Waals surface area contributed by atoms with E-state index in [4.69, 9.17) is 10.6 Å². The van der Waals surface area contributed by atoms with E-state index in [2.05, 4.69) is 10.3 Å². The topological polar surface area (TPSA) is 93.7 Å². The Morgan fingerprint density at radius 2 is 2.11 bits per heavy atom. The molecular formula is C12H18N4O3. The van der Waals surface area contributed by atoms with E-state index in [1.54, 1.807) is 13.2 Å². The summed E-state index contributed by atoms with van der Waals surface area (Å²) in [6.07, 6.45) is 2.12. The number of nitrogens with zero attached hydrogens (tertiary/aromatic N) is 2. The third kappa shape index (κ3) is 3.12. The van der Waals surface area contributed by atoms with Crippen LogP contribution in [0.25, 0.3) is 0 Å². The van der Waals surface area contributed by atoms with Crippen molar-refractivity contribution in [2.75, 3.05) is 30.5 Å². The second-order valence-corrected chi connectivity index (χ2v) is 4.56. The number of nitrogens with two attached hydrogens (primary N) is 1. The van der Waals surface area contributed by atoms with E-state index in [0.29, 0.717) is 5.69 Å². The molecule has 1 aliphatic rings. The molecule has 7 heteroatoms. The molecule has 0 bridgehead atoms. The molecule has 0 amide bonds. The molecule has 2 rings (SSSR count). The van der Waals surface area contributed by atoms with Gasteiger partial charge in [-0.25, -0.2) is 0 Å². The standard InChI is InChI=1S/C12H18N4O3/c1-19-12-2-4-15(5-3-12)10-6-9(14-13)7-11(8-10)16(17)18/h6-8,12,14H,2-5,13H2,1H3. The third-order valence-corrected chi connectivity index (χ3v) is 3.42. The first kappa shape index (κ1) is 13.6. The van der Waals surface area contributed by atoms with Gasteiger partial charge in [-0.05, 0) is 18.9 Å². The fourth-order valence-electron chi connectivity index (χ4n) is 2.32. The Balaban J connectivity index is 2.20. The highest BCUT2D eigenvalue weighted by atomic mass is 16.6. The zero-order valence-corrected chi connectivity index (χ0v) is 10.8. The normalized spacial score (nSPS) is 16.4. The van der Waals surface area contributed by atoms with Crippen molar-refractivity contribution in [2.45, 2.75) is 18.9 Å². The molecule has 19 heavy (non-hydrogen) atoms. The molecule has 0 atom stereocenters. The number of benzene rings is 1. The minimum atomic E-state index is -0.410. The molecule has 0 aromatic heterocycles. The van der Waals surface area contributed by atoms with Crippen LogP contribution >= 0.6 is 0 Å². The van der Waals surface area contributed by atoms with Gasteiger partial charge in [-0.1, -0.05) is 0 Å². The van der Waals surface area contributed by atoms with Crippen LogP contribution in [0.2, 0.25) is 0 Å². The Bertz CT molecular complexity index is 458. The second kappa shape index (κ2) is 5.85. The average Bonchev–Trinajstić information content (AvgIpc) is 2.46. The highest BCUT2D eigenvalue weighted by Gasteiger charge is 2.21. The van der Waals surface area contributed by atoms with Crippen molar-refractivity contribution in [1.82, 2.24) is 0 Å². The maximum Gasteiger partial charge on any atom is 0.273 e. The number of piperidine rings is 1. The van der Waals surface area contributed by atoms with Gasteiger partial charge in [0.05, 0.1) is 16.7 Å². The maximum atomic E-state index is 10.9. The Labute approximate surface area is 111 Å². The van der Waals surface area contributed by atoms with Crippen molar-refractivity contribution in [3.63, 3.8) is 0 Å². The molecule has 1 aromatic carbocycles. The van der Waals surface area contributed by atoms with Crippen LogP contribution in [-0.2, 0) is 4.74 Å². The largest absolute Gasteiger partial charge is 0.381 e. The highest BCUT2D eigenvalue weighted by Crippen LogP contribution is 2.28. The van der Waals surface area contributed by atoms with Crippen LogP contribution in [-0.4, -0.2) is 31.2 Å². The minimum absolute atomic E-state index is 0.0410. The van der Waals surface area contributed by atoms with Crippen LogP contribution in [0.4, 0.5) is 17.1 Å². The summed E-state index contributed by atoms with van der Waals surface area (Å²) < 4.78 is 5.31. The Morgan fingerprint density at radius 1 is 1.42 bits per heavy atom. The molecule has 1 aromatic rings. The van der Waals surface area contributed by atoms with Gasteiger partial charge < -0.3 is 15.1 Å². The summed E-state index contributed by atoms with van der Waals surface area (Å²) in [4.78, 5) is 12.6. The van der Waals surface area contributed by atoms with Gasteiger partial charge in [0.1, 0.15) is 0 Å². The first-order chi connectivity index (χ1) is 9.13. The highest BCUT2D eigenvalue weighted by molar-refractivity contribution is 5.64. The Hall–Kier alpha value is -1.86. The number of methoxy groups -OCH3 is 1. The molecule has 1 heterocycles. The fraction of sp³-hybridized carbons (Fsp3) is 0.500. The lowest BCUT2D eigenvalue weighted by Gasteiger charge is -2.33. The van der Waals surface area contributed by atoms with Gasteiger partial charge >= 0.3 is 0 Å². The van der Waals surface area contributed by atoms with Gasteiger partial charge in [0.25, 0.3) is 5.69 Å². The SMILES string of the molecule is COC1CCN(c2cc(NN)cc([N+](=O)[O-])c2)CC1. The number of nitro benzene ring substituents is 1. The van der Waals surface area contributed by atoms with Crippen molar-refractivity contribution < 1.29 is 9.66 Å². The number of nitrogens with one attached hydrogen (secondary N) is 1. The van der Waals surface area contributed by atoms with Crippen LogP contribution in [0.1, 0.15) is 12.8 Å². The molecular weight excluding hydrogens is 248 g/mol. The van der Waals surface area contributed by atoms with E-state index in [0.717, 1.165) is 31.6 Å². The number of anilines is 2. The number of hydrazine groups is 1. The minimum Gasteiger partial charge on any atom is -0.381 e. The molecule has 0 spiro atoms. The van der Waals surface area contributed by atoms with Gasteiger partial charge in [0.2, 0.25) is 0 Å². The summed E-state index contributed by atoms with van der Waals surface area (Å²) >= 11 is 0. The van der Waals surface area contributed by atoms with Crippen molar-refractivity contribution in [2.24, 2.45) is 5.84 Å². The Kier molecular flexibility index (Phi) is 4.18. The summed E-state index contributed by atoms with van der Waals surface area (Å²) in [6.45, 7) is 1.65. The summed E-state index contributed by atoms with van der Waals surface area (Å²) in [7, 11) is 1.71. The molecule has 0 saturated carbocycles.